The number of aromatic amines is 1. The number of anilines is 1. The summed E-state index contributed by atoms with van der Waals surface area (Å²) in [6.45, 7) is 1.71. The molecule has 0 radical (unpaired) electrons. The predicted molar refractivity (Wildman–Crippen MR) is 81.6 cm³/mol. The fourth-order valence-corrected chi connectivity index (χ4v) is 2.04. The minimum atomic E-state index is -0.424. The first-order chi connectivity index (χ1) is 10.6. The molecule has 3 rings (SSSR count). The van der Waals surface area contributed by atoms with Crippen molar-refractivity contribution in [3.05, 3.63) is 53.2 Å². The van der Waals surface area contributed by atoms with Gasteiger partial charge in [0.25, 0.3) is 5.91 Å². The van der Waals surface area contributed by atoms with Crippen LogP contribution >= 0.6 is 11.6 Å². The number of carbonyl (C=O) groups excluding carboxylic acids is 1. The van der Waals surface area contributed by atoms with Gasteiger partial charge in [0.1, 0.15) is 17.2 Å². The first kappa shape index (κ1) is 14.2. The molecule has 0 aliphatic heterocycles. The minimum Gasteiger partial charge on any atom is -0.356 e. The molecule has 2 N–H and O–H groups in total. The van der Waals surface area contributed by atoms with Crippen LogP contribution in [0.4, 0.5) is 5.95 Å². The molecule has 22 heavy (non-hydrogen) atoms. The SMILES string of the molecule is Cc1nc(NC(=O)c2[nH]ccc2Cl)nc(-c2ccccn2)n1. The lowest BCUT2D eigenvalue weighted by atomic mass is 10.3. The van der Waals surface area contributed by atoms with Crippen molar-refractivity contribution >= 4 is 23.5 Å². The smallest absolute Gasteiger partial charge is 0.275 e. The number of nitrogens with zero attached hydrogens (tertiary/aromatic N) is 4. The van der Waals surface area contributed by atoms with Crippen LogP contribution in [0.3, 0.4) is 0 Å². The highest BCUT2D eigenvalue weighted by Gasteiger charge is 2.14. The maximum atomic E-state index is 12.1. The average molecular weight is 315 g/mol. The third-order valence-electron chi connectivity index (χ3n) is 2.79. The van der Waals surface area contributed by atoms with Gasteiger partial charge in [-0.05, 0) is 25.1 Å². The third-order valence-corrected chi connectivity index (χ3v) is 3.10. The number of carbonyl (C=O) groups is 1. The number of aromatic nitrogens is 5. The van der Waals surface area contributed by atoms with Crippen LogP contribution in [-0.4, -0.2) is 30.8 Å². The molecule has 0 bridgehead atoms. The molecule has 7 nitrogen and oxygen atoms in total. The first-order valence-corrected chi connectivity index (χ1v) is 6.79. The van der Waals surface area contributed by atoms with Crippen LogP contribution in [0, 0.1) is 6.92 Å². The van der Waals surface area contributed by atoms with Crippen LogP contribution < -0.4 is 5.32 Å². The van der Waals surface area contributed by atoms with E-state index in [0.29, 0.717) is 22.4 Å². The standard InChI is InChI=1S/C14H11ClN6O/c1-8-18-12(10-4-2-3-6-16-10)20-14(19-8)21-13(22)11-9(15)5-7-17-11/h2-7,17H,1H3,(H,18,19,20,21,22). The van der Waals surface area contributed by atoms with Gasteiger partial charge in [0.15, 0.2) is 5.82 Å². The van der Waals surface area contributed by atoms with E-state index in [1.165, 1.54) is 0 Å². The van der Waals surface area contributed by atoms with Crippen LogP contribution in [0.5, 0.6) is 0 Å². The zero-order valence-corrected chi connectivity index (χ0v) is 12.3. The van der Waals surface area contributed by atoms with Gasteiger partial charge < -0.3 is 4.98 Å². The second-order valence-electron chi connectivity index (χ2n) is 4.40. The first-order valence-electron chi connectivity index (χ1n) is 6.42. The van der Waals surface area contributed by atoms with Crippen molar-refractivity contribution in [1.82, 2.24) is 24.9 Å². The van der Waals surface area contributed by atoms with Gasteiger partial charge in [-0.15, -0.1) is 0 Å². The Morgan fingerprint density at radius 1 is 1.23 bits per heavy atom. The second-order valence-corrected chi connectivity index (χ2v) is 4.81. The van der Waals surface area contributed by atoms with Crippen LogP contribution in [-0.2, 0) is 0 Å². The molecule has 8 heteroatoms. The summed E-state index contributed by atoms with van der Waals surface area (Å²) in [6, 6.07) is 7.00. The Hall–Kier alpha value is -2.80. The van der Waals surface area contributed by atoms with E-state index in [4.69, 9.17) is 11.6 Å². The van der Waals surface area contributed by atoms with E-state index in [2.05, 4.69) is 30.2 Å². The van der Waals surface area contributed by atoms with Gasteiger partial charge in [0, 0.05) is 12.4 Å². The molecule has 1 amide bonds. The molecule has 0 unspecified atom stereocenters. The number of hydrogen-bond donors (Lipinski definition) is 2. The van der Waals surface area contributed by atoms with E-state index < -0.39 is 5.91 Å². The molecule has 110 valence electrons. The normalized spacial score (nSPS) is 10.5. The van der Waals surface area contributed by atoms with Gasteiger partial charge >= 0.3 is 0 Å². The van der Waals surface area contributed by atoms with Gasteiger partial charge in [-0.3, -0.25) is 15.1 Å². The lowest BCUT2D eigenvalue weighted by Crippen LogP contribution is -2.16. The van der Waals surface area contributed by atoms with Gasteiger partial charge in [0.05, 0.1) is 5.02 Å². The summed E-state index contributed by atoms with van der Waals surface area (Å²) in [7, 11) is 0. The second kappa shape index (κ2) is 5.90. The number of pyridine rings is 1. The monoisotopic (exact) mass is 314 g/mol. The van der Waals surface area contributed by atoms with Crippen molar-refractivity contribution in [2.75, 3.05) is 5.32 Å². The quantitative estimate of drug-likeness (QED) is 0.774. The summed E-state index contributed by atoms with van der Waals surface area (Å²) in [5.74, 6) is 0.584. The van der Waals surface area contributed by atoms with E-state index in [9.17, 15) is 4.79 Å². The third kappa shape index (κ3) is 2.94. The maximum absolute atomic E-state index is 12.1. The molecule has 3 aromatic heterocycles. The number of amides is 1. The van der Waals surface area contributed by atoms with Gasteiger partial charge in [-0.2, -0.15) is 9.97 Å². The van der Waals surface area contributed by atoms with Crippen LogP contribution in [0.1, 0.15) is 16.3 Å². The molecule has 0 aromatic carbocycles. The number of halogens is 1. The molecule has 0 fully saturated rings. The van der Waals surface area contributed by atoms with Crippen molar-refractivity contribution in [2.45, 2.75) is 6.92 Å². The average Bonchev–Trinajstić information content (AvgIpc) is 2.94. The van der Waals surface area contributed by atoms with Crippen molar-refractivity contribution in [2.24, 2.45) is 0 Å². The van der Waals surface area contributed by atoms with E-state index in [0.717, 1.165) is 0 Å². The summed E-state index contributed by atoms with van der Waals surface area (Å²) < 4.78 is 0. The number of hydrogen-bond acceptors (Lipinski definition) is 5. The Bertz CT molecular complexity index is 817. The number of aryl methyl sites for hydroxylation is 1. The molecular weight excluding hydrogens is 304 g/mol. The van der Waals surface area contributed by atoms with Gasteiger partial charge in [0.2, 0.25) is 5.95 Å². The van der Waals surface area contributed by atoms with Gasteiger partial charge in [-0.1, -0.05) is 17.7 Å². The summed E-state index contributed by atoms with van der Waals surface area (Å²) >= 11 is 5.90. The van der Waals surface area contributed by atoms with Crippen LogP contribution in [0.15, 0.2) is 36.7 Å². The molecular formula is C14H11ClN6O. The highest BCUT2D eigenvalue weighted by atomic mass is 35.5. The number of rotatable bonds is 3. The van der Waals surface area contributed by atoms with Crippen LogP contribution in [0.25, 0.3) is 11.5 Å². The van der Waals surface area contributed by atoms with Crippen LogP contribution in [0.2, 0.25) is 5.02 Å². The van der Waals surface area contributed by atoms with Crippen molar-refractivity contribution < 1.29 is 4.79 Å². The summed E-state index contributed by atoms with van der Waals surface area (Å²) in [5.41, 5.74) is 0.848. The number of H-pyrrole nitrogens is 1. The fraction of sp³-hybridized carbons (Fsp3) is 0.0714. The summed E-state index contributed by atoms with van der Waals surface area (Å²) in [4.78, 5) is 31.6. The lowest BCUT2D eigenvalue weighted by Gasteiger charge is -2.06. The molecule has 3 aromatic rings. The Morgan fingerprint density at radius 2 is 2.09 bits per heavy atom. The maximum Gasteiger partial charge on any atom is 0.275 e. The Balaban J connectivity index is 1.90. The largest absolute Gasteiger partial charge is 0.356 e. The highest BCUT2D eigenvalue weighted by molar-refractivity contribution is 6.34. The zero-order valence-electron chi connectivity index (χ0n) is 11.5. The molecule has 0 aliphatic rings. The van der Waals surface area contributed by atoms with Crippen molar-refractivity contribution in [1.29, 1.82) is 0 Å². The summed E-state index contributed by atoms with van der Waals surface area (Å²) in [5, 5.41) is 2.92. The van der Waals surface area contributed by atoms with E-state index in [1.807, 2.05) is 6.07 Å². The fourth-order valence-electron chi connectivity index (χ4n) is 1.84. The van der Waals surface area contributed by atoms with Crippen molar-refractivity contribution in [3.8, 4) is 11.5 Å². The minimum absolute atomic E-state index is 0.142. The number of nitrogens with one attached hydrogen (secondary N) is 2. The Labute approximate surface area is 130 Å². The Kier molecular flexibility index (Phi) is 3.80. The van der Waals surface area contributed by atoms with Crippen molar-refractivity contribution in [3.63, 3.8) is 0 Å². The van der Waals surface area contributed by atoms with E-state index >= 15 is 0 Å². The molecule has 0 saturated carbocycles. The molecule has 0 aliphatic carbocycles. The topological polar surface area (TPSA) is 96.5 Å². The van der Waals surface area contributed by atoms with E-state index in [-0.39, 0.29) is 11.6 Å². The molecule has 0 spiro atoms. The molecule has 3 heterocycles. The molecule has 0 saturated heterocycles. The zero-order chi connectivity index (χ0) is 15.5. The molecule has 0 atom stereocenters. The predicted octanol–water partition coefficient (Wildman–Crippen LogP) is 2.48. The van der Waals surface area contributed by atoms with Gasteiger partial charge in [-0.25, -0.2) is 4.98 Å². The van der Waals surface area contributed by atoms with E-state index in [1.54, 1.807) is 37.5 Å². The lowest BCUT2D eigenvalue weighted by molar-refractivity contribution is 0.102. The highest BCUT2D eigenvalue weighted by Crippen LogP contribution is 2.16. The Morgan fingerprint density at radius 3 is 2.77 bits per heavy atom. The summed E-state index contributed by atoms with van der Waals surface area (Å²) in [6.07, 6.45) is 3.22.